The van der Waals surface area contributed by atoms with Gasteiger partial charge < -0.3 is 10.1 Å². The van der Waals surface area contributed by atoms with Crippen LogP contribution in [0.5, 0.6) is 0 Å². The Morgan fingerprint density at radius 2 is 2.05 bits per heavy atom. The van der Waals surface area contributed by atoms with Crippen LogP contribution in [0, 0.1) is 5.92 Å². The molecule has 1 aromatic carbocycles. The molecule has 1 aliphatic heterocycles. The SMILES string of the molecule is CC(C)(OC(=O)c1ccc(Br)c(Cl)c1)C1CC[NH2+]CC1. The highest BCUT2D eigenvalue weighted by molar-refractivity contribution is 9.10. The van der Waals surface area contributed by atoms with E-state index in [2.05, 4.69) is 21.2 Å². The molecule has 1 aliphatic rings. The quantitative estimate of drug-likeness (QED) is 0.841. The molecule has 0 spiro atoms. The van der Waals surface area contributed by atoms with E-state index >= 15 is 0 Å². The molecule has 2 rings (SSSR count). The molecule has 0 atom stereocenters. The van der Waals surface area contributed by atoms with Gasteiger partial charge in [-0.2, -0.15) is 0 Å². The van der Waals surface area contributed by atoms with Crippen LogP contribution < -0.4 is 5.32 Å². The van der Waals surface area contributed by atoms with Gasteiger partial charge in [-0.15, -0.1) is 0 Å². The van der Waals surface area contributed by atoms with Crippen LogP contribution in [0.15, 0.2) is 22.7 Å². The molecule has 0 radical (unpaired) electrons. The lowest BCUT2D eigenvalue weighted by atomic mass is 9.83. The van der Waals surface area contributed by atoms with Crippen LogP contribution in [0.2, 0.25) is 5.02 Å². The molecule has 1 fully saturated rings. The Bertz CT molecular complexity index is 499. The van der Waals surface area contributed by atoms with Crippen LogP contribution in [0.3, 0.4) is 0 Å². The molecule has 2 N–H and O–H groups in total. The highest BCUT2D eigenvalue weighted by atomic mass is 79.9. The zero-order valence-corrected chi connectivity index (χ0v) is 14.1. The van der Waals surface area contributed by atoms with E-state index in [0.29, 0.717) is 16.5 Å². The zero-order valence-electron chi connectivity index (χ0n) is 11.8. The lowest BCUT2D eigenvalue weighted by Gasteiger charge is -2.35. The van der Waals surface area contributed by atoms with Gasteiger partial charge in [0.15, 0.2) is 0 Å². The molecule has 0 aromatic heterocycles. The van der Waals surface area contributed by atoms with Crippen molar-refractivity contribution in [2.24, 2.45) is 5.92 Å². The summed E-state index contributed by atoms with van der Waals surface area (Å²) in [6.45, 7) is 6.22. The van der Waals surface area contributed by atoms with E-state index in [4.69, 9.17) is 16.3 Å². The lowest BCUT2D eigenvalue weighted by molar-refractivity contribution is -0.665. The molecule has 1 heterocycles. The molecule has 0 saturated carbocycles. The molecular weight excluding hydrogens is 342 g/mol. The minimum atomic E-state index is -0.440. The van der Waals surface area contributed by atoms with Gasteiger partial charge >= 0.3 is 5.97 Å². The summed E-state index contributed by atoms with van der Waals surface area (Å²) >= 11 is 9.33. The van der Waals surface area contributed by atoms with Crippen LogP contribution in [-0.2, 0) is 4.74 Å². The number of halogens is 2. The predicted octanol–water partition coefficient (Wildman–Crippen LogP) is 3.01. The van der Waals surface area contributed by atoms with Gasteiger partial charge in [0.25, 0.3) is 0 Å². The average molecular weight is 362 g/mol. The minimum Gasteiger partial charge on any atom is -0.456 e. The first-order valence-corrected chi connectivity index (χ1v) is 8.07. The van der Waals surface area contributed by atoms with Crippen molar-refractivity contribution in [3.63, 3.8) is 0 Å². The van der Waals surface area contributed by atoms with Gasteiger partial charge in [-0.1, -0.05) is 11.6 Å². The maximum absolute atomic E-state index is 12.3. The summed E-state index contributed by atoms with van der Waals surface area (Å²) in [5, 5.41) is 2.83. The normalized spacial score (nSPS) is 17.0. The summed E-state index contributed by atoms with van der Waals surface area (Å²) in [5.41, 5.74) is 0.0545. The maximum atomic E-state index is 12.3. The number of carbonyl (C=O) groups excluding carboxylic acids is 1. The number of nitrogens with two attached hydrogens (primary N) is 1. The van der Waals surface area contributed by atoms with E-state index < -0.39 is 5.60 Å². The van der Waals surface area contributed by atoms with E-state index in [9.17, 15) is 4.79 Å². The second-order valence-electron chi connectivity index (χ2n) is 5.76. The van der Waals surface area contributed by atoms with Gasteiger partial charge in [-0.05, 0) is 48.0 Å². The molecule has 1 aromatic rings. The first-order chi connectivity index (χ1) is 9.40. The Balaban J connectivity index is 2.07. The van der Waals surface area contributed by atoms with Crippen molar-refractivity contribution < 1.29 is 14.8 Å². The van der Waals surface area contributed by atoms with Crippen LogP contribution in [-0.4, -0.2) is 24.7 Å². The summed E-state index contributed by atoms with van der Waals surface area (Å²) in [6, 6.07) is 5.13. The van der Waals surface area contributed by atoms with Crippen molar-refractivity contribution in [2.45, 2.75) is 32.3 Å². The fourth-order valence-corrected chi connectivity index (χ4v) is 3.05. The fraction of sp³-hybridized carbons (Fsp3) is 0.533. The van der Waals surface area contributed by atoms with E-state index in [1.54, 1.807) is 18.2 Å². The highest BCUT2D eigenvalue weighted by Gasteiger charge is 2.35. The number of benzene rings is 1. The number of esters is 1. The van der Waals surface area contributed by atoms with Gasteiger partial charge in [0.05, 0.1) is 23.7 Å². The summed E-state index contributed by atoms with van der Waals surface area (Å²) in [7, 11) is 0. The fourth-order valence-electron chi connectivity index (χ4n) is 2.63. The second kappa shape index (κ2) is 6.46. The molecule has 110 valence electrons. The van der Waals surface area contributed by atoms with E-state index in [1.807, 2.05) is 13.8 Å². The summed E-state index contributed by atoms with van der Waals surface area (Å²) in [5.74, 6) is 0.112. The number of rotatable bonds is 3. The van der Waals surface area contributed by atoms with Gasteiger partial charge in [-0.3, -0.25) is 0 Å². The molecule has 0 aliphatic carbocycles. The lowest BCUT2D eigenvalue weighted by Crippen LogP contribution is -2.86. The number of carbonyl (C=O) groups is 1. The van der Waals surface area contributed by atoms with Gasteiger partial charge in [0, 0.05) is 23.2 Å². The van der Waals surface area contributed by atoms with Crippen LogP contribution >= 0.6 is 27.5 Å². The first kappa shape index (κ1) is 15.8. The molecule has 0 amide bonds. The minimum absolute atomic E-state index is 0.307. The summed E-state index contributed by atoms with van der Waals surface area (Å²) in [4.78, 5) is 12.3. The number of quaternary nitrogens is 1. The molecule has 0 bridgehead atoms. The van der Waals surface area contributed by atoms with E-state index in [0.717, 1.165) is 30.4 Å². The topological polar surface area (TPSA) is 42.9 Å². The van der Waals surface area contributed by atoms with Crippen LogP contribution in [0.4, 0.5) is 0 Å². The van der Waals surface area contributed by atoms with Crippen molar-refractivity contribution in [3.8, 4) is 0 Å². The van der Waals surface area contributed by atoms with Crippen molar-refractivity contribution in [1.29, 1.82) is 0 Å². The highest BCUT2D eigenvalue weighted by Crippen LogP contribution is 2.30. The Morgan fingerprint density at radius 3 is 2.65 bits per heavy atom. The molecule has 0 unspecified atom stereocenters. The van der Waals surface area contributed by atoms with Crippen LogP contribution in [0.1, 0.15) is 37.0 Å². The van der Waals surface area contributed by atoms with Crippen molar-refractivity contribution in [2.75, 3.05) is 13.1 Å². The van der Waals surface area contributed by atoms with E-state index in [1.165, 1.54) is 0 Å². The number of hydrogen-bond acceptors (Lipinski definition) is 2. The average Bonchev–Trinajstić information content (AvgIpc) is 2.42. The Morgan fingerprint density at radius 1 is 1.40 bits per heavy atom. The van der Waals surface area contributed by atoms with Gasteiger partial charge in [-0.25, -0.2) is 4.79 Å². The molecule has 20 heavy (non-hydrogen) atoms. The van der Waals surface area contributed by atoms with Gasteiger partial charge in [0.1, 0.15) is 5.60 Å². The van der Waals surface area contributed by atoms with Crippen molar-refractivity contribution in [3.05, 3.63) is 33.3 Å². The molecule has 3 nitrogen and oxygen atoms in total. The largest absolute Gasteiger partial charge is 0.456 e. The number of piperidine rings is 1. The third kappa shape index (κ3) is 3.74. The van der Waals surface area contributed by atoms with Gasteiger partial charge in [0.2, 0.25) is 0 Å². The first-order valence-electron chi connectivity index (χ1n) is 6.90. The second-order valence-corrected chi connectivity index (χ2v) is 7.02. The molecule has 1 saturated heterocycles. The monoisotopic (exact) mass is 360 g/mol. The summed E-state index contributed by atoms with van der Waals surface area (Å²) in [6.07, 6.45) is 2.17. The standard InChI is InChI=1S/C15H19BrClNO2/c1-15(2,11-5-7-18-8-6-11)20-14(19)10-3-4-12(16)13(17)9-10/h3-4,9,11,18H,5-8H2,1-2H3/p+1. The molecule has 5 heteroatoms. The number of hydrogen-bond donors (Lipinski definition) is 1. The maximum Gasteiger partial charge on any atom is 0.338 e. The predicted molar refractivity (Wildman–Crippen MR) is 83.0 cm³/mol. The van der Waals surface area contributed by atoms with Crippen molar-refractivity contribution in [1.82, 2.24) is 0 Å². The third-order valence-corrected chi connectivity index (χ3v) is 5.17. The van der Waals surface area contributed by atoms with Crippen LogP contribution in [0.25, 0.3) is 0 Å². The summed E-state index contributed by atoms with van der Waals surface area (Å²) < 4.78 is 6.51. The smallest absolute Gasteiger partial charge is 0.338 e. The number of ether oxygens (including phenoxy) is 1. The Kier molecular flexibility index (Phi) is 5.10. The Labute approximate surface area is 133 Å². The molecular formula is C15H20BrClNO2+. The Hall–Kier alpha value is -0.580. The van der Waals surface area contributed by atoms with E-state index in [-0.39, 0.29) is 5.97 Å². The third-order valence-electron chi connectivity index (χ3n) is 3.93. The van der Waals surface area contributed by atoms with Crippen molar-refractivity contribution >= 4 is 33.5 Å². The zero-order chi connectivity index (χ0) is 14.8.